The van der Waals surface area contributed by atoms with Gasteiger partial charge >= 0.3 is 0 Å². The molecule has 2 aliphatic rings. The van der Waals surface area contributed by atoms with E-state index in [9.17, 15) is 4.79 Å². The number of nitrogens with one attached hydrogen (secondary N) is 2. The maximum Gasteiger partial charge on any atom is 0.237 e. The van der Waals surface area contributed by atoms with Gasteiger partial charge in [-0.1, -0.05) is 24.3 Å². The second-order valence-corrected chi connectivity index (χ2v) is 6.96. The van der Waals surface area contributed by atoms with Crippen LogP contribution < -0.4 is 10.6 Å². The van der Waals surface area contributed by atoms with Crippen LogP contribution in [0, 0.1) is 5.92 Å². The van der Waals surface area contributed by atoms with E-state index in [1.807, 2.05) is 6.92 Å². The van der Waals surface area contributed by atoms with E-state index in [4.69, 9.17) is 0 Å². The van der Waals surface area contributed by atoms with Crippen LogP contribution >= 0.6 is 24.8 Å². The van der Waals surface area contributed by atoms with Gasteiger partial charge in [0.1, 0.15) is 0 Å². The van der Waals surface area contributed by atoms with Crippen LogP contribution in [0.2, 0.25) is 0 Å². The summed E-state index contributed by atoms with van der Waals surface area (Å²) in [6, 6.07) is 8.53. The van der Waals surface area contributed by atoms with Gasteiger partial charge in [0.2, 0.25) is 5.91 Å². The number of rotatable bonds is 5. The molecule has 2 atom stereocenters. The summed E-state index contributed by atoms with van der Waals surface area (Å²) in [4.78, 5) is 14.7. The maximum atomic E-state index is 12.4. The molecule has 2 heterocycles. The Morgan fingerprint density at radius 1 is 1.32 bits per heavy atom. The lowest BCUT2D eigenvalue weighted by atomic mass is 9.96. The molecule has 1 amide bonds. The SMILES string of the molecule is CC(C(=O)NCCC1CCCNC1)N1CCc2ccccc2C1.Cl.Cl. The minimum absolute atomic E-state index is 0. The molecule has 2 aliphatic heterocycles. The highest BCUT2D eigenvalue weighted by molar-refractivity contribution is 5.85. The van der Waals surface area contributed by atoms with Crippen LogP contribution in [0.3, 0.4) is 0 Å². The van der Waals surface area contributed by atoms with Crippen molar-refractivity contribution in [3.8, 4) is 0 Å². The van der Waals surface area contributed by atoms with Crippen LogP contribution in [-0.4, -0.2) is 43.0 Å². The summed E-state index contributed by atoms with van der Waals surface area (Å²) >= 11 is 0. The van der Waals surface area contributed by atoms with Crippen LogP contribution in [0.1, 0.15) is 37.3 Å². The van der Waals surface area contributed by atoms with E-state index >= 15 is 0 Å². The zero-order valence-corrected chi connectivity index (χ0v) is 16.6. The van der Waals surface area contributed by atoms with Crippen molar-refractivity contribution in [1.82, 2.24) is 15.5 Å². The van der Waals surface area contributed by atoms with Crippen molar-refractivity contribution in [1.29, 1.82) is 0 Å². The van der Waals surface area contributed by atoms with Gasteiger partial charge in [-0.25, -0.2) is 0 Å². The summed E-state index contributed by atoms with van der Waals surface area (Å²) in [5.41, 5.74) is 2.80. The molecule has 3 rings (SSSR count). The summed E-state index contributed by atoms with van der Waals surface area (Å²) in [7, 11) is 0. The number of nitrogens with zero attached hydrogens (tertiary/aromatic N) is 1. The van der Waals surface area contributed by atoms with Gasteiger partial charge in [0.25, 0.3) is 0 Å². The van der Waals surface area contributed by atoms with Gasteiger partial charge in [0, 0.05) is 19.6 Å². The Morgan fingerprint density at radius 2 is 2.08 bits per heavy atom. The molecule has 2 N–H and O–H groups in total. The average Bonchev–Trinajstić information content (AvgIpc) is 2.61. The summed E-state index contributed by atoms with van der Waals surface area (Å²) in [6.07, 6.45) is 4.69. The summed E-state index contributed by atoms with van der Waals surface area (Å²) in [5, 5.41) is 6.58. The van der Waals surface area contributed by atoms with Crippen LogP contribution in [0.5, 0.6) is 0 Å². The molecular weight excluding hydrogens is 357 g/mol. The first kappa shape index (κ1) is 22.2. The molecule has 0 bridgehead atoms. The number of hydrogen-bond acceptors (Lipinski definition) is 3. The summed E-state index contributed by atoms with van der Waals surface area (Å²) < 4.78 is 0. The minimum Gasteiger partial charge on any atom is -0.355 e. The normalized spacial score (nSPS) is 21.2. The van der Waals surface area contributed by atoms with Gasteiger partial charge in [-0.3, -0.25) is 9.69 Å². The standard InChI is InChI=1S/C19H29N3O.2ClH/c1-15(19(23)21-11-8-16-5-4-10-20-13-16)22-12-9-17-6-2-3-7-18(17)14-22;;/h2-3,6-7,15-16,20H,4-5,8-14H2,1H3,(H,21,23);2*1H. The third-order valence-corrected chi connectivity index (χ3v) is 5.34. The lowest BCUT2D eigenvalue weighted by Crippen LogP contribution is -2.47. The molecule has 0 radical (unpaired) electrons. The number of amides is 1. The molecule has 1 fully saturated rings. The summed E-state index contributed by atoms with van der Waals surface area (Å²) in [5.74, 6) is 0.898. The van der Waals surface area contributed by atoms with Crippen molar-refractivity contribution in [2.75, 3.05) is 26.2 Å². The largest absolute Gasteiger partial charge is 0.355 e. The lowest BCUT2D eigenvalue weighted by molar-refractivity contribution is -0.126. The van der Waals surface area contributed by atoms with E-state index in [2.05, 4.69) is 39.8 Å². The Kier molecular flexibility index (Phi) is 9.80. The van der Waals surface area contributed by atoms with Crippen molar-refractivity contribution in [3.63, 3.8) is 0 Å². The first-order chi connectivity index (χ1) is 11.2. The molecule has 142 valence electrons. The van der Waals surface area contributed by atoms with E-state index < -0.39 is 0 Å². The molecule has 6 heteroatoms. The fourth-order valence-electron chi connectivity index (χ4n) is 3.73. The van der Waals surface area contributed by atoms with E-state index in [1.165, 1.54) is 24.0 Å². The molecule has 1 saturated heterocycles. The van der Waals surface area contributed by atoms with Crippen molar-refractivity contribution in [2.24, 2.45) is 5.92 Å². The average molecular weight is 388 g/mol. The molecule has 0 spiro atoms. The molecule has 0 aliphatic carbocycles. The van der Waals surface area contributed by atoms with E-state index in [0.717, 1.165) is 51.5 Å². The van der Waals surface area contributed by atoms with Crippen LogP contribution in [0.25, 0.3) is 0 Å². The second-order valence-electron chi connectivity index (χ2n) is 6.96. The van der Waals surface area contributed by atoms with E-state index in [1.54, 1.807) is 0 Å². The maximum absolute atomic E-state index is 12.4. The zero-order chi connectivity index (χ0) is 16.1. The van der Waals surface area contributed by atoms with Gasteiger partial charge in [-0.2, -0.15) is 0 Å². The molecule has 1 aromatic carbocycles. The van der Waals surface area contributed by atoms with E-state index in [0.29, 0.717) is 0 Å². The Balaban J connectivity index is 0.00000156. The predicted molar refractivity (Wildman–Crippen MR) is 108 cm³/mol. The fourth-order valence-corrected chi connectivity index (χ4v) is 3.73. The third kappa shape index (κ3) is 6.14. The molecule has 0 saturated carbocycles. The number of fused-ring (bicyclic) bond motifs is 1. The highest BCUT2D eigenvalue weighted by Gasteiger charge is 2.25. The Labute approximate surface area is 163 Å². The molecular formula is C19H31Cl2N3O. The monoisotopic (exact) mass is 387 g/mol. The number of benzene rings is 1. The molecule has 2 unspecified atom stereocenters. The summed E-state index contributed by atoms with van der Waals surface area (Å²) in [6.45, 7) is 6.95. The third-order valence-electron chi connectivity index (χ3n) is 5.34. The number of carbonyl (C=O) groups is 1. The number of hydrogen-bond donors (Lipinski definition) is 2. The van der Waals surface area contributed by atoms with Gasteiger partial charge in [-0.05, 0) is 62.7 Å². The number of halogens is 2. The van der Waals surface area contributed by atoms with Crippen molar-refractivity contribution in [3.05, 3.63) is 35.4 Å². The van der Waals surface area contributed by atoms with Crippen molar-refractivity contribution in [2.45, 2.75) is 45.2 Å². The Bertz CT molecular complexity index is 535. The quantitative estimate of drug-likeness (QED) is 0.816. The van der Waals surface area contributed by atoms with Crippen LogP contribution in [0.15, 0.2) is 24.3 Å². The fraction of sp³-hybridized carbons (Fsp3) is 0.632. The zero-order valence-electron chi connectivity index (χ0n) is 15.0. The molecule has 1 aromatic rings. The topological polar surface area (TPSA) is 44.4 Å². The first-order valence-corrected chi connectivity index (χ1v) is 9.03. The smallest absolute Gasteiger partial charge is 0.237 e. The van der Waals surface area contributed by atoms with Gasteiger partial charge in [-0.15, -0.1) is 24.8 Å². The van der Waals surface area contributed by atoms with Gasteiger partial charge < -0.3 is 10.6 Å². The van der Waals surface area contributed by atoms with Gasteiger partial charge in [0.15, 0.2) is 0 Å². The van der Waals surface area contributed by atoms with Crippen LogP contribution in [-0.2, 0) is 17.8 Å². The van der Waals surface area contributed by atoms with E-state index in [-0.39, 0.29) is 36.8 Å². The minimum atomic E-state index is -0.0483. The number of carbonyl (C=O) groups excluding carboxylic acids is 1. The Hall–Kier alpha value is -0.810. The molecule has 0 aromatic heterocycles. The van der Waals surface area contributed by atoms with Crippen molar-refractivity contribution >= 4 is 30.7 Å². The highest BCUT2D eigenvalue weighted by Crippen LogP contribution is 2.20. The van der Waals surface area contributed by atoms with Gasteiger partial charge in [0.05, 0.1) is 6.04 Å². The predicted octanol–water partition coefficient (Wildman–Crippen LogP) is 2.78. The second kappa shape index (κ2) is 11.0. The first-order valence-electron chi connectivity index (χ1n) is 9.03. The molecule has 25 heavy (non-hydrogen) atoms. The Morgan fingerprint density at radius 3 is 2.80 bits per heavy atom. The van der Waals surface area contributed by atoms with Crippen LogP contribution in [0.4, 0.5) is 0 Å². The lowest BCUT2D eigenvalue weighted by Gasteiger charge is -2.33. The van der Waals surface area contributed by atoms with Crippen molar-refractivity contribution < 1.29 is 4.79 Å². The molecule has 4 nitrogen and oxygen atoms in total. The number of piperidine rings is 1. The highest BCUT2D eigenvalue weighted by atomic mass is 35.5.